The van der Waals surface area contributed by atoms with Crippen LogP contribution in [-0.4, -0.2) is 48.2 Å². The van der Waals surface area contributed by atoms with E-state index < -0.39 is 0 Å². The lowest BCUT2D eigenvalue weighted by molar-refractivity contribution is 0.119. The summed E-state index contributed by atoms with van der Waals surface area (Å²) in [4.78, 5) is 7.12. The van der Waals surface area contributed by atoms with E-state index in [1.165, 1.54) is 58.0 Å². The third-order valence-corrected chi connectivity index (χ3v) is 6.60. The number of nitrogens with zero attached hydrogens (tertiary/aromatic N) is 3. The lowest BCUT2D eigenvalue weighted by atomic mass is 9.92. The number of rotatable bonds is 7. The van der Waals surface area contributed by atoms with Gasteiger partial charge in [-0.3, -0.25) is 4.99 Å². The number of hydrogen-bond donors (Lipinski definition) is 2. The zero-order valence-electron chi connectivity index (χ0n) is 18.5. The summed E-state index contributed by atoms with van der Waals surface area (Å²) in [6.07, 6.45) is 11.6. The fourth-order valence-corrected chi connectivity index (χ4v) is 4.73. The van der Waals surface area contributed by atoms with Gasteiger partial charge in [-0.05, 0) is 38.5 Å². The third-order valence-electron chi connectivity index (χ3n) is 6.60. The van der Waals surface area contributed by atoms with Crippen LogP contribution in [0.25, 0.3) is 0 Å². The second-order valence-electron chi connectivity index (χ2n) is 8.40. The van der Waals surface area contributed by atoms with Gasteiger partial charge in [0.2, 0.25) is 0 Å². The number of hydrogen-bond acceptors (Lipinski definition) is 4. The molecule has 2 aliphatic rings. The Morgan fingerprint density at radius 3 is 2.48 bits per heavy atom. The molecule has 166 valence electrons. The molecule has 0 radical (unpaired) electrons. The summed E-state index contributed by atoms with van der Waals surface area (Å²) < 4.78 is 5.51. The summed E-state index contributed by atoms with van der Waals surface area (Å²) >= 11 is 0. The molecule has 0 aromatic carbocycles. The van der Waals surface area contributed by atoms with Crippen molar-refractivity contribution in [2.45, 2.75) is 96.2 Å². The van der Waals surface area contributed by atoms with E-state index >= 15 is 0 Å². The molecule has 0 bridgehead atoms. The first kappa shape index (κ1) is 24.4. The van der Waals surface area contributed by atoms with Gasteiger partial charge in [0.1, 0.15) is 0 Å². The number of piperidine rings is 1. The molecule has 7 heteroatoms. The van der Waals surface area contributed by atoms with Crippen LogP contribution in [0, 0.1) is 0 Å². The number of likely N-dealkylation sites (tertiary alicyclic amines) is 1. The molecule has 1 aliphatic carbocycles. The Morgan fingerprint density at radius 2 is 1.86 bits per heavy atom. The molecule has 6 nitrogen and oxygen atoms in total. The molecule has 0 unspecified atom stereocenters. The van der Waals surface area contributed by atoms with Crippen molar-refractivity contribution < 1.29 is 4.52 Å². The highest BCUT2D eigenvalue weighted by Gasteiger charge is 2.26. The summed E-state index contributed by atoms with van der Waals surface area (Å²) in [5.74, 6) is 2.22. The molecule has 1 aliphatic heterocycles. The second-order valence-corrected chi connectivity index (χ2v) is 8.40. The van der Waals surface area contributed by atoms with Gasteiger partial charge in [0.05, 0.1) is 12.2 Å². The lowest BCUT2D eigenvalue weighted by Crippen LogP contribution is -2.50. The van der Waals surface area contributed by atoms with Gasteiger partial charge in [0, 0.05) is 44.2 Å². The van der Waals surface area contributed by atoms with Crippen LogP contribution >= 0.6 is 24.0 Å². The first-order valence-corrected chi connectivity index (χ1v) is 11.4. The average Bonchev–Trinajstić information content (AvgIpc) is 3.22. The Bertz CT molecular complexity index is 602. The number of guanidine groups is 1. The number of aliphatic imine (C=N–C) groups is 1. The normalized spacial score (nSPS) is 19.9. The van der Waals surface area contributed by atoms with E-state index in [9.17, 15) is 0 Å². The molecule has 1 aromatic rings. The van der Waals surface area contributed by atoms with Crippen molar-refractivity contribution in [2.24, 2.45) is 4.99 Å². The minimum Gasteiger partial charge on any atom is -0.359 e. The molecule has 0 atom stereocenters. The highest BCUT2D eigenvalue weighted by Crippen LogP contribution is 2.25. The summed E-state index contributed by atoms with van der Waals surface area (Å²) in [6, 6.07) is 3.42. The predicted molar refractivity (Wildman–Crippen MR) is 130 cm³/mol. The van der Waals surface area contributed by atoms with Gasteiger partial charge in [0.15, 0.2) is 11.7 Å². The molecule has 1 saturated carbocycles. The summed E-state index contributed by atoms with van der Waals surface area (Å²) in [7, 11) is 1.84. The molecular formula is C22H40IN5O. The molecule has 0 amide bonds. The Labute approximate surface area is 193 Å². The van der Waals surface area contributed by atoms with E-state index in [2.05, 4.69) is 45.6 Å². The van der Waals surface area contributed by atoms with Crippen LogP contribution in [0.5, 0.6) is 0 Å². The number of nitrogens with one attached hydrogen (secondary N) is 2. The summed E-state index contributed by atoms with van der Waals surface area (Å²) in [5.41, 5.74) is 1.07. The van der Waals surface area contributed by atoms with Gasteiger partial charge in [0.25, 0.3) is 0 Å². The van der Waals surface area contributed by atoms with Gasteiger partial charge < -0.3 is 20.1 Å². The molecule has 29 heavy (non-hydrogen) atoms. The van der Waals surface area contributed by atoms with Crippen molar-refractivity contribution in [1.29, 1.82) is 0 Å². The zero-order chi connectivity index (χ0) is 19.8. The minimum atomic E-state index is 0. The number of aromatic nitrogens is 1. The van der Waals surface area contributed by atoms with E-state index in [0.29, 0.717) is 18.5 Å². The summed E-state index contributed by atoms with van der Waals surface area (Å²) in [6.45, 7) is 7.44. The van der Waals surface area contributed by atoms with Gasteiger partial charge in [-0.25, -0.2) is 0 Å². The van der Waals surface area contributed by atoms with Crippen LogP contribution in [0.1, 0.15) is 89.0 Å². The van der Waals surface area contributed by atoms with Gasteiger partial charge in [-0.2, -0.15) is 0 Å². The number of halogens is 1. The smallest absolute Gasteiger partial charge is 0.191 e. The van der Waals surface area contributed by atoms with Crippen LogP contribution in [-0.2, 0) is 6.54 Å². The zero-order valence-corrected chi connectivity index (χ0v) is 20.8. The molecule has 1 aromatic heterocycles. The molecule has 1 saturated heterocycles. The van der Waals surface area contributed by atoms with Crippen LogP contribution in [0.2, 0.25) is 0 Å². The minimum absolute atomic E-state index is 0. The molecule has 2 heterocycles. The van der Waals surface area contributed by atoms with E-state index in [4.69, 9.17) is 4.52 Å². The van der Waals surface area contributed by atoms with Crippen molar-refractivity contribution in [1.82, 2.24) is 20.7 Å². The fourth-order valence-electron chi connectivity index (χ4n) is 4.73. The molecule has 2 N–H and O–H groups in total. The Morgan fingerprint density at radius 1 is 1.17 bits per heavy atom. The highest BCUT2D eigenvalue weighted by atomic mass is 127. The Hall–Kier alpha value is -0.830. The maximum atomic E-state index is 5.51. The van der Waals surface area contributed by atoms with Gasteiger partial charge >= 0.3 is 0 Å². The van der Waals surface area contributed by atoms with Crippen LogP contribution in [0.3, 0.4) is 0 Å². The van der Waals surface area contributed by atoms with Gasteiger partial charge in [-0.1, -0.05) is 38.3 Å². The van der Waals surface area contributed by atoms with Gasteiger partial charge in [-0.15, -0.1) is 24.0 Å². The highest BCUT2D eigenvalue weighted by molar-refractivity contribution is 14.0. The maximum Gasteiger partial charge on any atom is 0.191 e. The molecule has 3 rings (SSSR count). The average molecular weight is 518 g/mol. The first-order valence-electron chi connectivity index (χ1n) is 11.4. The molecular weight excluding hydrogens is 477 g/mol. The monoisotopic (exact) mass is 517 g/mol. The van der Waals surface area contributed by atoms with Crippen LogP contribution < -0.4 is 10.6 Å². The van der Waals surface area contributed by atoms with Crippen molar-refractivity contribution in [3.05, 3.63) is 17.5 Å². The van der Waals surface area contributed by atoms with Crippen LogP contribution in [0.4, 0.5) is 0 Å². The van der Waals surface area contributed by atoms with E-state index in [0.717, 1.165) is 36.3 Å². The SMILES string of the molecule is CCC(CC)c1cc(CNC(=NC)NC2CCN(C3CCCCC3)CC2)on1.I. The Kier molecular flexibility index (Phi) is 10.8. The van der Waals surface area contributed by atoms with Crippen molar-refractivity contribution in [3.8, 4) is 0 Å². The molecule has 0 spiro atoms. The largest absolute Gasteiger partial charge is 0.359 e. The van der Waals surface area contributed by atoms with E-state index in [-0.39, 0.29) is 24.0 Å². The summed E-state index contributed by atoms with van der Waals surface area (Å²) in [5, 5.41) is 11.2. The van der Waals surface area contributed by atoms with Crippen molar-refractivity contribution >= 4 is 29.9 Å². The van der Waals surface area contributed by atoms with Crippen LogP contribution in [0.15, 0.2) is 15.6 Å². The first-order chi connectivity index (χ1) is 13.7. The van der Waals surface area contributed by atoms with Crippen molar-refractivity contribution in [2.75, 3.05) is 20.1 Å². The third kappa shape index (κ3) is 7.12. The standard InChI is InChI=1S/C22H39N5O.HI/c1-4-17(5-2)21-15-20(28-26-21)16-24-22(23-3)25-18-11-13-27(14-12-18)19-9-7-6-8-10-19;/h15,17-19H,4-14,16H2,1-3H3,(H2,23,24,25);1H. The fraction of sp³-hybridized carbons (Fsp3) is 0.818. The van der Waals surface area contributed by atoms with E-state index in [1.54, 1.807) is 0 Å². The van der Waals surface area contributed by atoms with E-state index in [1.807, 2.05) is 7.05 Å². The quantitative estimate of drug-likeness (QED) is 0.313. The molecule has 2 fully saturated rings. The van der Waals surface area contributed by atoms with Crippen molar-refractivity contribution in [3.63, 3.8) is 0 Å². The predicted octanol–water partition coefficient (Wildman–Crippen LogP) is 4.66. The lowest BCUT2D eigenvalue weighted by Gasteiger charge is -2.39. The second kappa shape index (κ2) is 12.8. The topological polar surface area (TPSA) is 65.7 Å². The maximum absolute atomic E-state index is 5.51. The Balaban J connectivity index is 0.00000300.